The predicted octanol–water partition coefficient (Wildman–Crippen LogP) is 2.65. The van der Waals surface area contributed by atoms with Crippen molar-refractivity contribution < 1.29 is 0 Å². The summed E-state index contributed by atoms with van der Waals surface area (Å²) < 4.78 is 0. The van der Waals surface area contributed by atoms with Crippen molar-refractivity contribution in [2.24, 2.45) is 10.9 Å². The van der Waals surface area contributed by atoms with Crippen molar-refractivity contribution in [1.82, 2.24) is 15.5 Å². The highest BCUT2D eigenvalue weighted by Gasteiger charge is 2.21. The predicted molar refractivity (Wildman–Crippen MR) is 98.9 cm³/mol. The summed E-state index contributed by atoms with van der Waals surface area (Å²) in [6.07, 6.45) is 3.61. The first kappa shape index (κ1) is 17.8. The highest BCUT2D eigenvalue weighted by molar-refractivity contribution is 5.79. The molecule has 1 fully saturated rings. The Bertz CT molecular complexity index is 498. The van der Waals surface area contributed by atoms with E-state index in [1.54, 1.807) is 0 Å². The Hall–Kier alpha value is -1.55. The number of nitrogens with zero attached hydrogens (tertiary/aromatic N) is 2. The molecule has 1 aromatic carbocycles. The maximum absolute atomic E-state index is 4.36. The topological polar surface area (TPSA) is 39.7 Å². The zero-order valence-corrected chi connectivity index (χ0v) is 14.9. The number of benzene rings is 1. The van der Waals surface area contributed by atoms with Crippen LogP contribution < -0.4 is 10.6 Å². The summed E-state index contributed by atoms with van der Waals surface area (Å²) in [5.74, 6) is 1.65. The van der Waals surface area contributed by atoms with Crippen molar-refractivity contribution in [2.75, 3.05) is 33.2 Å². The van der Waals surface area contributed by atoms with Crippen LogP contribution in [0.1, 0.15) is 37.8 Å². The van der Waals surface area contributed by atoms with Gasteiger partial charge in [-0.2, -0.15) is 0 Å². The van der Waals surface area contributed by atoms with Gasteiger partial charge in [0.05, 0.1) is 0 Å². The van der Waals surface area contributed by atoms with Crippen LogP contribution in [0.25, 0.3) is 0 Å². The van der Waals surface area contributed by atoms with Crippen molar-refractivity contribution in [3.63, 3.8) is 0 Å². The first-order valence-corrected chi connectivity index (χ1v) is 9.00. The quantitative estimate of drug-likeness (QED) is 0.600. The molecule has 2 N–H and O–H groups in total. The number of likely N-dealkylation sites (tertiary alicyclic amines) is 1. The van der Waals surface area contributed by atoms with E-state index in [2.05, 4.69) is 58.6 Å². The molecule has 1 aromatic rings. The van der Waals surface area contributed by atoms with Crippen molar-refractivity contribution >= 4 is 5.96 Å². The van der Waals surface area contributed by atoms with Gasteiger partial charge in [-0.25, -0.2) is 0 Å². The van der Waals surface area contributed by atoms with Crippen LogP contribution in [0.3, 0.4) is 0 Å². The average molecular weight is 316 g/mol. The molecule has 0 radical (unpaired) electrons. The number of guanidine groups is 1. The minimum atomic E-state index is 0.739. The van der Waals surface area contributed by atoms with Gasteiger partial charge in [0, 0.05) is 26.7 Å². The first-order valence-electron chi connectivity index (χ1n) is 9.00. The molecule has 0 spiro atoms. The first-order chi connectivity index (χ1) is 11.3. The minimum absolute atomic E-state index is 0.739. The third-order valence-electron chi connectivity index (χ3n) is 4.64. The van der Waals surface area contributed by atoms with Gasteiger partial charge in [0.25, 0.3) is 0 Å². The van der Waals surface area contributed by atoms with E-state index in [1.165, 1.54) is 43.6 Å². The van der Waals surface area contributed by atoms with E-state index in [4.69, 9.17) is 0 Å². The molecule has 23 heavy (non-hydrogen) atoms. The molecule has 4 nitrogen and oxygen atoms in total. The van der Waals surface area contributed by atoms with Gasteiger partial charge in [-0.1, -0.05) is 38.1 Å². The summed E-state index contributed by atoms with van der Waals surface area (Å²) in [4.78, 5) is 6.93. The summed E-state index contributed by atoms with van der Waals surface area (Å²) in [6, 6.07) is 8.61. The van der Waals surface area contributed by atoms with Crippen LogP contribution in [0.2, 0.25) is 0 Å². The van der Waals surface area contributed by atoms with Crippen LogP contribution in [-0.2, 0) is 13.0 Å². The second-order valence-corrected chi connectivity index (χ2v) is 6.38. The summed E-state index contributed by atoms with van der Waals surface area (Å²) in [6.45, 7) is 10.00. The molecular formula is C19H32N4. The van der Waals surface area contributed by atoms with E-state index >= 15 is 0 Å². The van der Waals surface area contributed by atoms with Crippen molar-refractivity contribution in [2.45, 2.75) is 39.7 Å². The van der Waals surface area contributed by atoms with E-state index in [-0.39, 0.29) is 0 Å². The molecule has 2 rings (SSSR count). The summed E-state index contributed by atoms with van der Waals surface area (Å²) in [7, 11) is 1.85. The second-order valence-electron chi connectivity index (χ2n) is 6.38. The van der Waals surface area contributed by atoms with E-state index < -0.39 is 0 Å². The van der Waals surface area contributed by atoms with Crippen molar-refractivity contribution in [3.8, 4) is 0 Å². The van der Waals surface area contributed by atoms with Gasteiger partial charge in [-0.05, 0) is 49.4 Å². The van der Waals surface area contributed by atoms with Crippen LogP contribution in [0.15, 0.2) is 29.3 Å². The largest absolute Gasteiger partial charge is 0.356 e. The summed E-state index contributed by atoms with van der Waals surface area (Å²) in [5.41, 5.74) is 2.76. The van der Waals surface area contributed by atoms with Gasteiger partial charge in [0.2, 0.25) is 0 Å². The number of hydrogen-bond donors (Lipinski definition) is 2. The normalized spacial score (nSPS) is 19.1. The molecule has 1 saturated heterocycles. The Kier molecular flexibility index (Phi) is 7.40. The van der Waals surface area contributed by atoms with Crippen molar-refractivity contribution in [1.29, 1.82) is 0 Å². The lowest BCUT2D eigenvalue weighted by Crippen LogP contribution is -2.40. The molecule has 0 saturated carbocycles. The maximum atomic E-state index is 4.36. The van der Waals surface area contributed by atoms with E-state index in [0.29, 0.717) is 0 Å². The number of rotatable bonds is 7. The second kappa shape index (κ2) is 9.56. The standard InChI is InChI=1S/C19H32N4/c1-4-11-23-12-10-16(15-23)13-21-19(20-3)22-14-18-9-7-6-8-17(18)5-2/h6-9,16H,4-5,10-15H2,1-3H3,(H2,20,21,22). The fourth-order valence-electron chi connectivity index (χ4n) is 3.31. The van der Waals surface area contributed by atoms with Crippen LogP contribution in [0.5, 0.6) is 0 Å². The monoisotopic (exact) mass is 316 g/mol. The molecule has 1 aliphatic heterocycles. The molecule has 1 atom stereocenters. The van der Waals surface area contributed by atoms with Gasteiger partial charge in [-0.15, -0.1) is 0 Å². The van der Waals surface area contributed by atoms with Gasteiger partial charge < -0.3 is 15.5 Å². The zero-order chi connectivity index (χ0) is 16.5. The third-order valence-corrected chi connectivity index (χ3v) is 4.64. The lowest BCUT2D eigenvalue weighted by molar-refractivity contribution is 0.324. The Morgan fingerprint density at radius 2 is 2.00 bits per heavy atom. The third kappa shape index (κ3) is 5.54. The van der Waals surface area contributed by atoms with E-state index in [1.807, 2.05) is 7.05 Å². The van der Waals surface area contributed by atoms with E-state index in [0.717, 1.165) is 31.4 Å². The molecule has 0 aliphatic carbocycles. The Labute approximate surface area is 141 Å². The lowest BCUT2D eigenvalue weighted by atomic mass is 10.1. The summed E-state index contributed by atoms with van der Waals surface area (Å²) >= 11 is 0. The van der Waals surface area contributed by atoms with Gasteiger partial charge in [0.1, 0.15) is 0 Å². The number of nitrogens with one attached hydrogen (secondary N) is 2. The van der Waals surface area contributed by atoms with Gasteiger partial charge >= 0.3 is 0 Å². The molecule has 0 bridgehead atoms. The summed E-state index contributed by atoms with van der Waals surface area (Å²) in [5, 5.41) is 6.94. The number of hydrogen-bond acceptors (Lipinski definition) is 2. The molecule has 0 aromatic heterocycles. The maximum Gasteiger partial charge on any atom is 0.191 e. The SMILES string of the molecule is CCCN1CCC(CNC(=NC)NCc2ccccc2CC)C1. The molecule has 4 heteroatoms. The molecule has 128 valence electrons. The molecule has 0 amide bonds. The fourth-order valence-corrected chi connectivity index (χ4v) is 3.31. The molecule has 1 heterocycles. The van der Waals surface area contributed by atoms with Crippen LogP contribution in [0.4, 0.5) is 0 Å². The number of aliphatic imine (C=N–C) groups is 1. The smallest absolute Gasteiger partial charge is 0.191 e. The Balaban J connectivity index is 1.76. The highest BCUT2D eigenvalue weighted by Crippen LogP contribution is 2.15. The minimum Gasteiger partial charge on any atom is -0.356 e. The number of aryl methyl sites for hydroxylation is 1. The van der Waals surface area contributed by atoms with Crippen LogP contribution in [0, 0.1) is 5.92 Å². The zero-order valence-electron chi connectivity index (χ0n) is 14.9. The molecular weight excluding hydrogens is 284 g/mol. The Morgan fingerprint density at radius 1 is 1.22 bits per heavy atom. The lowest BCUT2D eigenvalue weighted by Gasteiger charge is -2.17. The molecule has 1 aliphatic rings. The average Bonchev–Trinajstić information content (AvgIpc) is 3.03. The molecule has 1 unspecified atom stereocenters. The van der Waals surface area contributed by atoms with Gasteiger partial charge in [0.15, 0.2) is 5.96 Å². The van der Waals surface area contributed by atoms with Crippen LogP contribution in [-0.4, -0.2) is 44.1 Å². The van der Waals surface area contributed by atoms with Crippen molar-refractivity contribution in [3.05, 3.63) is 35.4 Å². The highest BCUT2D eigenvalue weighted by atomic mass is 15.2. The van der Waals surface area contributed by atoms with Gasteiger partial charge in [-0.3, -0.25) is 4.99 Å². The fraction of sp³-hybridized carbons (Fsp3) is 0.632. The van der Waals surface area contributed by atoms with E-state index in [9.17, 15) is 0 Å². The van der Waals surface area contributed by atoms with Crippen LogP contribution >= 0.6 is 0 Å². The Morgan fingerprint density at radius 3 is 2.70 bits per heavy atom.